The molecule has 140 valence electrons. The lowest BCUT2D eigenvalue weighted by Crippen LogP contribution is -2.50. The van der Waals surface area contributed by atoms with Gasteiger partial charge in [0, 0.05) is 17.7 Å². The van der Waals surface area contributed by atoms with Crippen molar-refractivity contribution >= 4 is 16.8 Å². The van der Waals surface area contributed by atoms with Crippen LogP contribution in [-0.2, 0) is 6.42 Å². The first-order valence-corrected chi connectivity index (χ1v) is 10.1. The summed E-state index contributed by atoms with van der Waals surface area (Å²) >= 11 is 0. The molecule has 27 heavy (non-hydrogen) atoms. The van der Waals surface area contributed by atoms with Crippen LogP contribution in [0.5, 0.6) is 0 Å². The Morgan fingerprint density at radius 3 is 2.81 bits per heavy atom. The molecule has 0 amide bonds. The average Bonchev–Trinajstić information content (AvgIpc) is 3.19. The van der Waals surface area contributed by atoms with Crippen molar-refractivity contribution in [2.24, 2.45) is 17.3 Å². The fraction of sp³-hybridized carbons (Fsp3) is 0.542. The topological polar surface area (TPSA) is 50.4 Å². The number of hydrogen-bond acceptors (Lipinski definition) is 3. The molecule has 0 unspecified atom stereocenters. The molecule has 0 radical (unpaired) electrons. The van der Waals surface area contributed by atoms with Crippen LogP contribution in [0.15, 0.2) is 22.6 Å². The highest BCUT2D eigenvalue weighted by Crippen LogP contribution is 2.64. The van der Waals surface area contributed by atoms with E-state index in [9.17, 15) is 9.90 Å². The lowest BCUT2D eigenvalue weighted by atomic mass is 9.53. The maximum atomic E-state index is 11.7. The number of hydrogen-bond donors (Lipinski definition) is 1. The van der Waals surface area contributed by atoms with Crippen molar-refractivity contribution in [3.63, 3.8) is 0 Å². The molecule has 3 aliphatic rings. The van der Waals surface area contributed by atoms with E-state index in [1.807, 2.05) is 6.07 Å². The highest BCUT2D eigenvalue weighted by Gasteiger charge is 2.61. The van der Waals surface area contributed by atoms with E-state index in [2.05, 4.69) is 25.0 Å². The molecule has 1 aromatic carbocycles. The number of benzene rings is 1. The van der Waals surface area contributed by atoms with Crippen LogP contribution in [-0.4, -0.2) is 16.5 Å². The van der Waals surface area contributed by atoms with Gasteiger partial charge in [-0.05, 0) is 85.6 Å². The van der Waals surface area contributed by atoms with Crippen molar-refractivity contribution in [3.05, 3.63) is 35.1 Å². The van der Waals surface area contributed by atoms with E-state index < -0.39 is 5.60 Å². The third kappa shape index (κ3) is 2.17. The summed E-state index contributed by atoms with van der Waals surface area (Å²) < 4.78 is 5.75. The molecule has 0 spiro atoms. The zero-order chi connectivity index (χ0) is 19.0. The third-order valence-corrected chi connectivity index (χ3v) is 8.10. The lowest BCUT2D eigenvalue weighted by Gasteiger charge is -2.52. The highest BCUT2D eigenvalue weighted by molar-refractivity contribution is 5.96. The van der Waals surface area contributed by atoms with Gasteiger partial charge < -0.3 is 9.52 Å². The first-order chi connectivity index (χ1) is 12.9. The van der Waals surface area contributed by atoms with Crippen LogP contribution in [0.3, 0.4) is 0 Å². The van der Waals surface area contributed by atoms with Crippen LogP contribution in [0.25, 0.3) is 11.0 Å². The number of rotatable bonds is 1. The Balaban J connectivity index is 1.56. The second-order valence-corrected chi connectivity index (χ2v) is 9.17. The van der Waals surface area contributed by atoms with Gasteiger partial charge in [0.05, 0.1) is 0 Å². The summed E-state index contributed by atoms with van der Waals surface area (Å²) in [6, 6.07) is 6.27. The fourth-order valence-corrected chi connectivity index (χ4v) is 6.53. The lowest BCUT2D eigenvalue weighted by molar-refractivity contribution is -0.0646. The second-order valence-electron chi connectivity index (χ2n) is 9.17. The Kier molecular flexibility index (Phi) is 3.47. The van der Waals surface area contributed by atoms with Gasteiger partial charge in [0.25, 0.3) is 0 Å². The van der Waals surface area contributed by atoms with Crippen LogP contribution in [0.2, 0.25) is 0 Å². The molecule has 1 heterocycles. The van der Waals surface area contributed by atoms with Gasteiger partial charge in [0.15, 0.2) is 11.5 Å². The van der Waals surface area contributed by atoms with Crippen molar-refractivity contribution in [1.82, 2.24) is 0 Å². The van der Waals surface area contributed by atoms with Crippen molar-refractivity contribution in [2.75, 3.05) is 0 Å². The van der Waals surface area contributed by atoms with E-state index >= 15 is 0 Å². The SMILES string of the molecule is C#C[C@]1(O)CC[C@H]2[C@@H]3CCc4cc5oc(C(C)=O)cc5cc4[C@H]3CC[C@@]21C. The van der Waals surface area contributed by atoms with Crippen LogP contribution in [0, 0.1) is 29.6 Å². The molecular weight excluding hydrogens is 336 g/mol. The number of fused-ring (bicyclic) bond motifs is 6. The second kappa shape index (κ2) is 5.49. The zero-order valence-electron chi connectivity index (χ0n) is 16.0. The number of carbonyl (C=O) groups excluding carboxylic acids is 1. The summed E-state index contributed by atoms with van der Waals surface area (Å²) in [6.07, 6.45) is 11.7. The number of aryl methyl sites for hydroxylation is 1. The van der Waals surface area contributed by atoms with Gasteiger partial charge in [-0.15, -0.1) is 6.42 Å². The van der Waals surface area contributed by atoms with E-state index in [4.69, 9.17) is 10.8 Å². The third-order valence-electron chi connectivity index (χ3n) is 8.10. The summed E-state index contributed by atoms with van der Waals surface area (Å²) in [5, 5.41) is 12.1. The quantitative estimate of drug-likeness (QED) is 0.582. The number of ketones is 1. The molecule has 3 aliphatic carbocycles. The van der Waals surface area contributed by atoms with Gasteiger partial charge in [-0.25, -0.2) is 0 Å². The van der Waals surface area contributed by atoms with Gasteiger partial charge in [-0.1, -0.05) is 12.8 Å². The van der Waals surface area contributed by atoms with Gasteiger partial charge in [0.2, 0.25) is 0 Å². The Morgan fingerprint density at radius 1 is 1.26 bits per heavy atom. The van der Waals surface area contributed by atoms with Crippen molar-refractivity contribution in [3.8, 4) is 12.3 Å². The number of aliphatic hydroxyl groups is 1. The molecule has 5 atom stereocenters. The van der Waals surface area contributed by atoms with E-state index in [0.717, 1.165) is 49.5 Å². The minimum Gasteiger partial charge on any atom is -0.453 e. The summed E-state index contributed by atoms with van der Waals surface area (Å²) in [7, 11) is 0. The largest absolute Gasteiger partial charge is 0.453 e. The van der Waals surface area contributed by atoms with Crippen LogP contribution in [0.1, 0.15) is 73.6 Å². The number of carbonyl (C=O) groups is 1. The normalized spacial score (nSPS) is 37.3. The highest BCUT2D eigenvalue weighted by atomic mass is 16.3. The molecule has 1 N–H and O–H groups in total. The van der Waals surface area contributed by atoms with Gasteiger partial charge >= 0.3 is 0 Å². The van der Waals surface area contributed by atoms with Crippen molar-refractivity contribution in [1.29, 1.82) is 0 Å². The Hall–Kier alpha value is -2.05. The molecule has 0 aliphatic heterocycles. The molecule has 3 nitrogen and oxygen atoms in total. The average molecular weight is 362 g/mol. The summed E-state index contributed by atoms with van der Waals surface area (Å²) in [5.74, 6) is 4.73. The van der Waals surface area contributed by atoms with E-state index in [1.165, 1.54) is 11.1 Å². The number of Topliss-reactive ketones (excluding diaryl/α,β-unsaturated/α-hetero) is 1. The first-order valence-electron chi connectivity index (χ1n) is 10.1. The summed E-state index contributed by atoms with van der Waals surface area (Å²) in [4.78, 5) is 11.7. The van der Waals surface area contributed by atoms with Gasteiger partial charge in [-0.3, -0.25) is 4.79 Å². The molecule has 3 heteroatoms. The monoisotopic (exact) mass is 362 g/mol. The molecule has 2 aromatic rings. The zero-order valence-corrected chi connectivity index (χ0v) is 16.0. The molecule has 2 fully saturated rings. The molecule has 5 rings (SSSR count). The van der Waals surface area contributed by atoms with Gasteiger partial charge in [-0.2, -0.15) is 0 Å². The Morgan fingerprint density at radius 2 is 2.07 bits per heavy atom. The fourth-order valence-electron chi connectivity index (χ4n) is 6.53. The minimum absolute atomic E-state index is 0.0324. The number of terminal acetylenes is 1. The van der Waals surface area contributed by atoms with Crippen LogP contribution >= 0.6 is 0 Å². The Labute approximate surface area is 160 Å². The maximum Gasteiger partial charge on any atom is 0.194 e. The van der Waals surface area contributed by atoms with E-state index in [-0.39, 0.29) is 11.2 Å². The number of furan rings is 1. The molecule has 1 aromatic heterocycles. The van der Waals surface area contributed by atoms with Crippen molar-refractivity contribution < 1.29 is 14.3 Å². The van der Waals surface area contributed by atoms with E-state index in [0.29, 0.717) is 23.5 Å². The predicted octanol–water partition coefficient (Wildman–Crippen LogP) is 4.86. The first kappa shape index (κ1) is 17.1. The molecular formula is C24H26O3. The van der Waals surface area contributed by atoms with Crippen LogP contribution in [0.4, 0.5) is 0 Å². The van der Waals surface area contributed by atoms with Gasteiger partial charge in [0.1, 0.15) is 11.2 Å². The summed E-state index contributed by atoms with van der Waals surface area (Å²) in [5.41, 5.74) is 2.49. The maximum absolute atomic E-state index is 11.7. The van der Waals surface area contributed by atoms with Crippen LogP contribution < -0.4 is 0 Å². The molecule has 0 saturated heterocycles. The molecule has 2 saturated carbocycles. The minimum atomic E-state index is -0.951. The predicted molar refractivity (Wildman–Crippen MR) is 105 cm³/mol. The Bertz CT molecular complexity index is 993. The molecule has 0 bridgehead atoms. The van der Waals surface area contributed by atoms with E-state index in [1.54, 1.807) is 6.92 Å². The van der Waals surface area contributed by atoms with Crippen molar-refractivity contribution in [2.45, 2.75) is 63.9 Å². The summed E-state index contributed by atoms with van der Waals surface area (Å²) in [6.45, 7) is 3.76. The smallest absolute Gasteiger partial charge is 0.194 e. The standard InChI is InChI=1S/C24H26O3/c1-4-24(26)10-8-20-18-6-5-15-12-22-16(13-21(27-22)14(2)25)11-19(15)17(18)7-9-23(20,24)3/h1,11-13,17-18,20,26H,5-10H2,2-3H3/t17-,18+,20-,23-,24-/m0/s1.